The fourth-order valence-corrected chi connectivity index (χ4v) is 4.06. The van der Waals surface area contributed by atoms with Gasteiger partial charge >= 0.3 is 0 Å². The van der Waals surface area contributed by atoms with Gasteiger partial charge < -0.3 is 9.64 Å². The maximum absolute atomic E-state index is 11.9. The predicted molar refractivity (Wildman–Crippen MR) is 109 cm³/mol. The van der Waals surface area contributed by atoms with E-state index in [1.54, 1.807) is 0 Å². The van der Waals surface area contributed by atoms with Gasteiger partial charge in [0, 0.05) is 50.4 Å². The fourth-order valence-electron chi connectivity index (χ4n) is 4.06. The molecule has 0 saturated carbocycles. The molecule has 142 valence electrons. The first-order valence-corrected chi connectivity index (χ1v) is 10.1. The molecule has 2 aliphatic rings. The van der Waals surface area contributed by atoms with Crippen LogP contribution in [0.15, 0.2) is 48.5 Å². The summed E-state index contributed by atoms with van der Waals surface area (Å²) in [4.78, 5) is 16.9. The average molecular weight is 364 g/mol. The quantitative estimate of drug-likeness (QED) is 0.730. The fraction of sp³-hybridized carbons (Fsp3) is 0.435. The van der Waals surface area contributed by atoms with Crippen LogP contribution >= 0.6 is 0 Å². The number of aryl methyl sites for hydroxylation is 1. The average Bonchev–Trinajstić information content (AvgIpc) is 2.72. The van der Waals surface area contributed by atoms with Crippen LogP contribution < -0.4 is 9.64 Å². The molecule has 4 heteroatoms. The number of ketones is 1. The van der Waals surface area contributed by atoms with Gasteiger partial charge in [0.1, 0.15) is 5.75 Å². The summed E-state index contributed by atoms with van der Waals surface area (Å²) in [6, 6.07) is 16.6. The van der Waals surface area contributed by atoms with Gasteiger partial charge in [-0.05, 0) is 55.2 Å². The number of carbonyl (C=O) groups is 1. The highest BCUT2D eigenvalue weighted by molar-refractivity contribution is 5.98. The molecular formula is C23H28N2O2. The summed E-state index contributed by atoms with van der Waals surface area (Å²) in [5.41, 5.74) is 3.37. The summed E-state index contributed by atoms with van der Waals surface area (Å²) < 4.78 is 5.94. The summed E-state index contributed by atoms with van der Waals surface area (Å²) in [7, 11) is 0. The molecule has 0 amide bonds. The number of piperazine rings is 1. The largest absolute Gasteiger partial charge is 0.494 e. The number of nitrogens with zero attached hydrogens (tertiary/aromatic N) is 2. The SMILES string of the molecule is O=C1CCCc2cc(OCCCN3CCN(c4ccccc4)CC3)ccc21. The van der Waals surface area contributed by atoms with Crippen molar-refractivity contribution in [1.29, 1.82) is 0 Å². The first-order valence-electron chi connectivity index (χ1n) is 10.1. The number of fused-ring (bicyclic) bond motifs is 1. The number of para-hydroxylation sites is 1. The van der Waals surface area contributed by atoms with E-state index in [0.717, 1.165) is 75.5 Å². The van der Waals surface area contributed by atoms with Gasteiger partial charge in [0.15, 0.2) is 5.78 Å². The highest BCUT2D eigenvalue weighted by Crippen LogP contribution is 2.25. The van der Waals surface area contributed by atoms with Gasteiger partial charge in [-0.2, -0.15) is 0 Å². The number of ether oxygens (including phenoxy) is 1. The van der Waals surface area contributed by atoms with Crippen LogP contribution in [0.25, 0.3) is 0 Å². The first kappa shape index (κ1) is 18.1. The van der Waals surface area contributed by atoms with E-state index >= 15 is 0 Å². The molecule has 1 aliphatic heterocycles. The lowest BCUT2D eigenvalue weighted by molar-refractivity contribution is 0.0972. The van der Waals surface area contributed by atoms with Crippen LogP contribution in [-0.2, 0) is 6.42 Å². The molecule has 1 heterocycles. The molecule has 0 unspecified atom stereocenters. The van der Waals surface area contributed by atoms with Gasteiger partial charge in [-0.15, -0.1) is 0 Å². The molecule has 2 aromatic rings. The van der Waals surface area contributed by atoms with E-state index in [1.165, 1.54) is 5.69 Å². The molecule has 1 aliphatic carbocycles. The van der Waals surface area contributed by atoms with Crippen LogP contribution in [0.5, 0.6) is 5.75 Å². The second-order valence-electron chi connectivity index (χ2n) is 7.46. The molecule has 0 N–H and O–H groups in total. The van der Waals surface area contributed by atoms with Crippen LogP contribution in [0.4, 0.5) is 5.69 Å². The van der Waals surface area contributed by atoms with Gasteiger partial charge in [0.05, 0.1) is 6.61 Å². The summed E-state index contributed by atoms with van der Waals surface area (Å²) in [5.74, 6) is 1.18. The molecule has 0 atom stereocenters. The van der Waals surface area contributed by atoms with Crippen molar-refractivity contribution in [1.82, 2.24) is 4.90 Å². The lowest BCUT2D eigenvalue weighted by Crippen LogP contribution is -2.46. The van der Waals surface area contributed by atoms with Crippen molar-refractivity contribution in [3.8, 4) is 5.75 Å². The van der Waals surface area contributed by atoms with Crippen molar-refractivity contribution in [2.45, 2.75) is 25.7 Å². The standard InChI is InChI=1S/C23H28N2O2/c26-23-9-4-6-19-18-21(10-11-22(19)23)27-17-5-12-24-13-15-25(16-14-24)20-7-2-1-3-8-20/h1-3,7-8,10-11,18H,4-6,9,12-17H2. The molecular weight excluding hydrogens is 336 g/mol. The Balaban J connectivity index is 1.18. The Morgan fingerprint density at radius 3 is 2.56 bits per heavy atom. The second kappa shape index (κ2) is 8.57. The Hall–Kier alpha value is -2.33. The predicted octanol–water partition coefficient (Wildman–Crippen LogP) is 3.80. The number of hydrogen-bond donors (Lipinski definition) is 0. The molecule has 0 spiro atoms. The number of Topliss-reactive ketones (excluding diaryl/α,β-unsaturated/α-hetero) is 1. The molecule has 4 rings (SSSR count). The molecule has 4 nitrogen and oxygen atoms in total. The maximum atomic E-state index is 11.9. The zero-order chi connectivity index (χ0) is 18.5. The van der Waals surface area contributed by atoms with Crippen LogP contribution in [0, 0.1) is 0 Å². The van der Waals surface area contributed by atoms with Crippen molar-refractivity contribution < 1.29 is 9.53 Å². The number of rotatable bonds is 6. The van der Waals surface area contributed by atoms with Gasteiger partial charge in [-0.1, -0.05) is 18.2 Å². The molecule has 2 aromatic carbocycles. The Labute approximate surface area is 161 Å². The van der Waals surface area contributed by atoms with Crippen molar-refractivity contribution in [2.75, 3.05) is 44.2 Å². The van der Waals surface area contributed by atoms with Gasteiger partial charge in [0.2, 0.25) is 0 Å². The Morgan fingerprint density at radius 1 is 0.926 bits per heavy atom. The molecule has 0 bridgehead atoms. The van der Waals surface area contributed by atoms with E-state index < -0.39 is 0 Å². The highest BCUT2D eigenvalue weighted by atomic mass is 16.5. The Bertz CT molecular complexity index is 767. The molecule has 1 fully saturated rings. The lowest BCUT2D eigenvalue weighted by atomic mass is 9.90. The topological polar surface area (TPSA) is 32.8 Å². The minimum Gasteiger partial charge on any atom is -0.494 e. The molecule has 0 radical (unpaired) electrons. The second-order valence-corrected chi connectivity index (χ2v) is 7.46. The number of hydrogen-bond acceptors (Lipinski definition) is 4. The van der Waals surface area contributed by atoms with E-state index in [1.807, 2.05) is 12.1 Å². The number of carbonyl (C=O) groups excluding carboxylic acids is 1. The summed E-state index contributed by atoms with van der Waals surface area (Å²) in [5, 5.41) is 0. The van der Waals surface area contributed by atoms with Crippen molar-refractivity contribution in [3.63, 3.8) is 0 Å². The normalized spacial score (nSPS) is 17.6. The van der Waals surface area contributed by atoms with Gasteiger partial charge in [-0.25, -0.2) is 0 Å². The molecule has 0 aromatic heterocycles. The van der Waals surface area contributed by atoms with E-state index in [2.05, 4.69) is 46.2 Å². The number of anilines is 1. The monoisotopic (exact) mass is 364 g/mol. The zero-order valence-corrected chi connectivity index (χ0v) is 15.9. The summed E-state index contributed by atoms with van der Waals surface area (Å²) in [6.45, 7) is 6.19. The third kappa shape index (κ3) is 4.51. The van der Waals surface area contributed by atoms with Crippen LogP contribution in [-0.4, -0.2) is 50.0 Å². The lowest BCUT2D eigenvalue weighted by Gasteiger charge is -2.36. The minimum absolute atomic E-state index is 0.275. The Kier molecular flexibility index (Phi) is 5.73. The number of benzene rings is 2. The van der Waals surface area contributed by atoms with Gasteiger partial charge in [0.25, 0.3) is 0 Å². The molecule has 27 heavy (non-hydrogen) atoms. The van der Waals surface area contributed by atoms with Crippen LogP contribution in [0.3, 0.4) is 0 Å². The van der Waals surface area contributed by atoms with Crippen molar-refractivity contribution in [3.05, 3.63) is 59.7 Å². The third-order valence-corrected chi connectivity index (χ3v) is 5.61. The Morgan fingerprint density at radius 2 is 1.74 bits per heavy atom. The maximum Gasteiger partial charge on any atom is 0.163 e. The van der Waals surface area contributed by atoms with Crippen molar-refractivity contribution in [2.24, 2.45) is 0 Å². The van der Waals surface area contributed by atoms with E-state index in [0.29, 0.717) is 6.42 Å². The van der Waals surface area contributed by atoms with Crippen molar-refractivity contribution >= 4 is 11.5 Å². The van der Waals surface area contributed by atoms with Gasteiger partial charge in [-0.3, -0.25) is 9.69 Å². The summed E-state index contributed by atoms with van der Waals surface area (Å²) >= 11 is 0. The smallest absolute Gasteiger partial charge is 0.163 e. The minimum atomic E-state index is 0.275. The highest BCUT2D eigenvalue weighted by Gasteiger charge is 2.18. The van der Waals surface area contributed by atoms with E-state index in [-0.39, 0.29) is 5.78 Å². The van der Waals surface area contributed by atoms with Crippen LogP contribution in [0.2, 0.25) is 0 Å². The molecule has 1 saturated heterocycles. The van der Waals surface area contributed by atoms with E-state index in [9.17, 15) is 4.79 Å². The first-order chi connectivity index (χ1) is 13.3. The third-order valence-electron chi connectivity index (χ3n) is 5.61. The van der Waals surface area contributed by atoms with E-state index in [4.69, 9.17) is 4.74 Å². The van der Waals surface area contributed by atoms with Crippen LogP contribution in [0.1, 0.15) is 35.2 Å². The zero-order valence-electron chi connectivity index (χ0n) is 15.9. The summed E-state index contributed by atoms with van der Waals surface area (Å²) in [6.07, 6.45) is 3.67.